The maximum absolute atomic E-state index is 12.8. The Balaban J connectivity index is 1.53. The molecule has 1 aliphatic heterocycles. The third kappa shape index (κ3) is 4.73. The number of carbonyl (C=O) groups is 2. The fourth-order valence-corrected chi connectivity index (χ4v) is 4.92. The molecule has 1 saturated heterocycles. The molecule has 0 aromatic heterocycles. The van der Waals surface area contributed by atoms with Gasteiger partial charge in [0.2, 0.25) is 5.91 Å². The molecular weight excluding hydrogens is 416 g/mol. The summed E-state index contributed by atoms with van der Waals surface area (Å²) in [7, 11) is 0. The van der Waals surface area contributed by atoms with Crippen molar-refractivity contribution in [3.05, 3.63) is 95.1 Å². The summed E-state index contributed by atoms with van der Waals surface area (Å²) in [6, 6.07) is 23.5. The highest BCUT2D eigenvalue weighted by Gasteiger charge is 2.34. The van der Waals surface area contributed by atoms with E-state index < -0.39 is 0 Å². The number of nitrogens with zero attached hydrogens (tertiary/aromatic N) is 1. The van der Waals surface area contributed by atoms with Crippen molar-refractivity contribution in [2.45, 2.75) is 38.5 Å². The lowest BCUT2D eigenvalue weighted by Gasteiger charge is -2.25. The van der Waals surface area contributed by atoms with Crippen molar-refractivity contribution in [3.8, 4) is 0 Å². The molecule has 1 fully saturated rings. The fourth-order valence-electron chi connectivity index (χ4n) is 3.75. The summed E-state index contributed by atoms with van der Waals surface area (Å²) in [5.41, 5.74) is 5.61. The molecule has 0 radical (unpaired) electrons. The lowest BCUT2D eigenvalue weighted by atomic mass is 9.87. The van der Waals surface area contributed by atoms with Crippen molar-refractivity contribution >= 4 is 35.0 Å². The molecule has 4 rings (SSSR count). The number of amides is 2. The summed E-state index contributed by atoms with van der Waals surface area (Å²) in [6.45, 7) is 8.49. The molecule has 32 heavy (non-hydrogen) atoms. The number of aryl methyl sites for hydroxylation is 1. The Morgan fingerprint density at radius 3 is 2.34 bits per heavy atom. The number of hydrogen-bond donors (Lipinski definition) is 1. The predicted octanol–water partition coefficient (Wildman–Crippen LogP) is 6.32. The number of thioether (sulfide) groups is 1. The minimum atomic E-state index is -0.145. The van der Waals surface area contributed by atoms with E-state index in [2.05, 4.69) is 26.1 Å². The highest BCUT2D eigenvalue weighted by Crippen LogP contribution is 2.42. The van der Waals surface area contributed by atoms with Gasteiger partial charge in [-0.2, -0.15) is 0 Å². The second-order valence-electron chi connectivity index (χ2n) is 9.17. The summed E-state index contributed by atoms with van der Waals surface area (Å²) < 4.78 is 0. The van der Waals surface area contributed by atoms with Crippen LogP contribution in [0.3, 0.4) is 0 Å². The van der Waals surface area contributed by atoms with Gasteiger partial charge in [-0.1, -0.05) is 62.7 Å². The molecule has 164 valence electrons. The molecule has 1 atom stereocenters. The van der Waals surface area contributed by atoms with Gasteiger partial charge in [0.1, 0.15) is 5.37 Å². The molecular formula is C27H28N2O2S. The van der Waals surface area contributed by atoms with Gasteiger partial charge in [-0.15, -0.1) is 11.8 Å². The minimum Gasteiger partial charge on any atom is -0.322 e. The zero-order valence-electron chi connectivity index (χ0n) is 18.9. The maximum Gasteiger partial charge on any atom is 0.255 e. The van der Waals surface area contributed by atoms with Crippen molar-refractivity contribution in [2.75, 3.05) is 16.0 Å². The Labute approximate surface area is 194 Å². The van der Waals surface area contributed by atoms with Crippen LogP contribution >= 0.6 is 11.8 Å². The molecule has 3 aromatic rings. The average Bonchev–Trinajstić information content (AvgIpc) is 3.15. The van der Waals surface area contributed by atoms with Crippen LogP contribution in [-0.4, -0.2) is 17.6 Å². The number of nitrogens with one attached hydrogen (secondary N) is 1. The van der Waals surface area contributed by atoms with Crippen molar-refractivity contribution in [2.24, 2.45) is 0 Å². The van der Waals surface area contributed by atoms with Gasteiger partial charge in [0.05, 0.1) is 5.75 Å². The van der Waals surface area contributed by atoms with E-state index in [1.807, 2.05) is 84.6 Å². The molecule has 4 nitrogen and oxygen atoms in total. The summed E-state index contributed by atoms with van der Waals surface area (Å²) in [6.07, 6.45) is 0. The second-order valence-corrected chi connectivity index (χ2v) is 10.2. The topological polar surface area (TPSA) is 49.4 Å². The van der Waals surface area contributed by atoms with Crippen molar-refractivity contribution in [1.29, 1.82) is 0 Å². The van der Waals surface area contributed by atoms with E-state index in [9.17, 15) is 9.59 Å². The van der Waals surface area contributed by atoms with Crippen molar-refractivity contribution < 1.29 is 9.59 Å². The van der Waals surface area contributed by atoms with E-state index >= 15 is 0 Å². The van der Waals surface area contributed by atoms with E-state index in [0.717, 1.165) is 22.5 Å². The van der Waals surface area contributed by atoms with E-state index in [1.54, 1.807) is 11.8 Å². The summed E-state index contributed by atoms with van der Waals surface area (Å²) >= 11 is 1.60. The highest BCUT2D eigenvalue weighted by molar-refractivity contribution is 8.00. The molecule has 0 bridgehead atoms. The number of benzene rings is 3. The number of anilines is 2. The highest BCUT2D eigenvalue weighted by atomic mass is 32.2. The second kappa shape index (κ2) is 8.83. The smallest absolute Gasteiger partial charge is 0.255 e. The molecule has 1 N–H and O–H groups in total. The maximum atomic E-state index is 12.8. The third-order valence-electron chi connectivity index (χ3n) is 5.62. The molecule has 0 unspecified atom stereocenters. The molecule has 3 aromatic carbocycles. The van der Waals surface area contributed by atoms with Crippen LogP contribution in [-0.2, 0) is 10.2 Å². The van der Waals surface area contributed by atoms with Crippen LogP contribution in [0.15, 0.2) is 72.8 Å². The van der Waals surface area contributed by atoms with E-state index in [0.29, 0.717) is 11.3 Å². The van der Waals surface area contributed by atoms with Crippen LogP contribution in [0.2, 0.25) is 0 Å². The van der Waals surface area contributed by atoms with Gasteiger partial charge < -0.3 is 5.32 Å². The van der Waals surface area contributed by atoms with Crippen molar-refractivity contribution in [1.82, 2.24) is 0 Å². The van der Waals surface area contributed by atoms with Crippen LogP contribution in [0.4, 0.5) is 11.4 Å². The summed E-state index contributed by atoms with van der Waals surface area (Å²) in [5, 5.41) is 2.88. The quantitative estimate of drug-likeness (QED) is 0.512. The monoisotopic (exact) mass is 444 g/mol. The molecule has 2 amide bonds. The molecule has 0 aliphatic carbocycles. The molecule has 1 aliphatic rings. The Hall–Kier alpha value is -3.05. The predicted molar refractivity (Wildman–Crippen MR) is 133 cm³/mol. The zero-order valence-corrected chi connectivity index (χ0v) is 19.7. The van der Waals surface area contributed by atoms with Crippen LogP contribution < -0.4 is 10.2 Å². The Morgan fingerprint density at radius 1 is 1.00 bits per heavy atom. The van der Waals surface area contributed by atoms with Crippen molar-refractivity contribution in [3.63, 3.8) is 0 Å². The normalized spacial score (nSPS) is 16.3. The number of carbonyl (C=O) groups excluding carboxylic acids is 2. The largest absolute Gasteiger partial charge is 0.322 e. The van der Waals surface area contributed by atoms with Crippen LogP contribution in [0, 0.1) is 6.92 Å². The Kier molecular flexibility index (Phi) is 6.11. The van der Waals surface area contributed by atoms with Gasteiger partial charge in [-0.25, -0.2) is 0 Å². The summed E-state index contributed by atoms with van der Waals surface area (Å²) in [5.74, 6) is 0.389. The third-order valence-corrected chi connectivity index (χ3v) is 6.84. The van der Waals surface area contributed by atoms with Gasteiger partial charge in [0.25, 0.3) is 5.91 Å². The first-order valence-corrected chi connectivity index (χ1v) is 11.8. The zero-order chi connectivity index (χ0) is 22.9. The molecule has 1 heterocycles. The standard InChI is InChI=1S/C27H28N2O2S/c1-18-8-14-23(15-9-18)29-24(30)17-32-26(29)20-6-5-7-22(16-20)28-25(31)19-10-12-21(13-11-19)27(2,3)4/h5-16,26H,17H2,1-4H3,(H,28,31)/t26-/m1/s1. The van der Waals surface area contributed by atoms with E-state index in [4.69, 9.17) is 0 Å². The lowest BCUT2D eigenvalue weighted by molar-refractivity contribution is -0.115. The minimum absolute atomic E-state index is 0.0447. The van der Waals surface area contributed by atoms with Crippen LogP contribution in [0.5, 0.6) is 0 Å². The first-order valence-electron chi connectivity index (χ1n) is 10.7. The molecule has 5 heteroatoms. The number of hydrogen-bond acceptors (Lipinski definition) is 3. The lowest BCUT2D eigenvalue weighted by Crippen LogP contribution is -2.27. The SMILES string of the molecule is Cc1ccc(N2C(=O)CS[C@@H]2c2cccc(NC(=O)c3ccc(C(C)(C)C)cc3)c2)cc1. The van der Waals surface area contributed by atoms with Gasteiger partial charge in [0, 0.05) is 16.9 Å². The van der Waals surface area contributed by atoms with E-state index in [-0.39, 0.29) is 22.6 Å². The molecule has 0 spiro atoms. The molecule has 0 saturated carbocycles. The van der Waals surface area contributed by atoms with Gasteiger partial charge in [-0.05, 0) is 59.9 Å². The number of rotatable bonds is 4. The van der Waals surface area contributed by atoms with Crippen LogP contribution in [0.1, 0.15) is 53.2 Å². The van der Waals surface area contributed by atoms with Gasteiger partial charge >= 0.3 is 0 Å². The first kappa shape index (κ1) is 22.2. The Morgan fingerprint density at radius 2 is 1.69 bits per heavy atom. The van der Waals surface area contributed by atoms with E-state index in [1.165, 1.54) is 5.56 Å². The fraction of sp³-hybridized carbons (Fsp3) is 0.259. The Bertz CT molecular complexity index is 1130. The first-order chi connectivity index (χ1) is 15.2. The van der Waals surface area contributed by atoms with Crippen LogP contribution in [0.25, 0.3) is 0 Å². The average molecular weight is 445 g/mol. The summed E-state index contributed by atoms with van der Waals surface area (Å²) in [4.78, 5) is 27.3. The van der Waals surface area contributed by atoms with Gasteiger partial charge in [-0.3, -0.25) is 14.5 Å². The van der Waals surface area contributed by atoms with Gasteiger partial charge in [0.15, 0.2) is 0 Å².